The predicted octanol–water partition coefficient (Wildman–Crippen LogP) is 1.41. The largest absolute Gasteiger partial charge is 0.446 e. The molecule has 1 aromatic rings. The third-order valence-corrected chi connectivity index (χ3v) is 2.38. The normalized spacial score (nSPS) is 12.9. The number of hydrazone groups is 2. The molecule has 0 fully saturated rings. The average molecular weight is 277 g/mol. The second kappa shape index (κ2) is 6.15. The zero-order chi connectivity index (χ0) is 13.6. The van der Waals surface area contributed by atoms with E-state index >= 15 is 0 Å². The van der Waals surface area contributed by atoms with E-state index in [-0.39, 0.29) is 22.6 Å². The van der Waals surface area contributed by atoms with Crippen molar-refractivity contribution in [3.63, 3.8) is 0 Å². The van der Waals surface area contributed by atoms with Crippen molar-refractivity contribution >= 4 is 23.9 Å². The summed E-state index contributed by atoms with van der Waals surface area (Å²) < 4.78 is 36.2. The van der Waals surface area contributed by atoms with E-state index in [0.717, 1.165) is 0 Å². The van der Waals surface area contributed by atoms with Gasteiger partial charge in [-0.05, 0) is 29.5 Å². The van der Waals surface area contributed by atoms with Gasteiger partial charge in [-0.15, -0.1) is 5.10 Å². The van der Waals surface area contributed by atoms with Gasteiger partial charge < -0.3 is 11.6 Å². The van der Waals surface area contributed by atoms with Crippen LogP contribution in [0.5, 0.6) is 0 Å². The highest BCUT2D eigenvalue weighted by Gasteiger charge is 2.28. The molecule has 98 valence electrons. The van der Waals surface area contributed by atoms with E-state index in [9.17, 15) is 13.2 Å². The lowest BCUT2D eigenvalue weighted by Gasteiger charge is -2.05. The molecule has 5 nitrogen and oxygen atoms in total. The van der Waals surface area contributed by atoms with Crippen LogP contribution in [-0.4, -0.2) is 17.7 Å². The summed E-state index contributed by atoms with van der Waals surface area (Å²) in [5, 5.41) is 6.79. The molecule has 0 aliphatic carbocycles. The third-order valence-electron chi connectivity index (χ3n) is 1.65. The lowest BCUT2D eigenvalue weighted by atomic mass is 10.2. The first-order chi connectivity index (χ1) is 8.40. The number of guanidine groups is 1. The van der Waals surface area contributed by atoms with Crippen LogP contribution in [0.3, 0.4) is 0 Å². The molecule has 0 bridgehead atoms. The van der Waals surface area contributed by atoms with Gasteiger partial charge in [-0.2, -0.15) is 18.3 Å². The van der Waals surface area contributed by atoms with Crippen LogP contribution in [0.2, 0.25) is 0 Å². The molecule has 1 rings (SSSR count). The predicted molar refractivity (Wildman–Crippen MR) is 64.9 cm³/mol. The number of benzene rings is 1. The summed E-state index contributed by atoms with van der Waals surface area (Å²) in [6.45, 7) is 0. The highest BCUT2D eigenvalue weighted by molar-refractivity contribution is 8.00. The summed E-state index contributed by atoms with van der Waals surface area (Å²) in [7, 11) is 0. The summed E-state index contributed by atoms with van der Waals surface area (Å²) >= 11 is -0.174. The monoisotopic (exact) mass is 277 g/mol. The fourth-order valence-corrected chi connectivity index (χ4v) is 1.50. The van der Waals surface area contributed by atoms with E-state index in [1.165, 1.54) is 30.5 Å². The molecular weight excluding hydrogens is 267 g/mol. The van der Waals surface area contributed by atoms with Crippen LogP contribution in [-0.2, 0) is 0 Å². The molecule has 0 aliphatic rings. The summed E-state index contributed by atoms with van der Waals surface area (Å²) in [4.78, 5) is 0.107. The maximum absolute atomic E-state index is 12.1. The maximum Gasteiger partial charge on any atom is 0.446 e. The molecule has 0 aromatic heterocycles. The molecule has 0 radical (unpaired) electrons. The lowest BCUT2D eigenvalue weighted by Crippen LogP contribution is -2.28. The summed E-state index contributed by atoms with van der Waals surface area (Å²) in [5.74, 6) is 4.77. The molecule has 9 heteroatoms. The van der Waals surface area contributed by atoms with E-state index in [2.05, 4.69) is 15.6 Å². The van der Waals surface area contributed by atoms with Gasteiger partial charge in [0.1, 0.15) is 0 Å². The Kier molecular flexibility index (Phi) is 4.84. The Labute approximate surface area is 105 Å². The molecule has 0 amide bonds. The van der Waals surface area contributed by atoms with Crippen molar-refractivity contribution in [2.75, 3.05) is 0 Å². The van der Waals surface area contributed by atoms with Crippen molar-refractivity contribution in [1.82, 2.24) is 5.43 Å². The van der Waals surface area contributed by atoms with Gasteiger partial charge in [0.2, 0.25) is 5.96 Å². The number of nitrogens with one attached hydrogen (secondary N) is 1. The molecule has 0 saturated heterocycles. The van der Waals surface area contributed by atoms with Gasteiger partial charge >= 0.3 is 5.51 Å². The van der Waals surface area contributed by atoms with Crippen molar-refractivity contribution in [3.05, 3.63) is 29.8 Å². The molecular formula is C9H10F3N5S. The summed E-state index contributed by atoms with van der Waals surface area (Å²) in [6.07, 6.45) is 1.38. The number of thioether (sulfide) groups is 1. The summed E-state index contributed by atoms with van der Waals surface area (Å²) in [5.41, 5.74) is 3.84. The highest BCUT2D eigenvalue weighted by Crippen LogP contribution is 2.36. The first kappa shape index (κ1) is 14.2. The second-order valence-electron chi connectivity index (χ2n) is 3.00. The number of nitrogens with two attached hydrogens (primary N) is 2. The first-order valence-electron chi connectivity index (χ1n) is 4.59. The fraction of sp³-hybridized carbons (Fsp3) is 0.111. The molecule has 0 atom stereocenters. The van der Waals surface area contributed by atoms with E-state index in [4.69, 9.17) is 11.6 Å². The quantitative estimate of drug-likeness (QED) is 0.256. The van der Waals surface area contributed by atoms with Crippen molar-refractivity contribution in [2.45, 2.75) is 10.4 Å². The Hall–Kier alpha value is -1.90. The number of rotatable bonds is 3. The Morgan fingerprint density at radius 2 is 1.89 bits per heavy atom. The molecule has 5 N–H and O–H groups in total. The van der Waals surface area contributed by atoms with Gasteiger partial charge in [0.25, 0.3) is 0 Å². The first-order valence-corrected chi connectivity index (χ1v) is 5.40. The molecule has 1 aromatic carbocycles. The van der Waals surface area contributed by atoms with Gasteiger partial charge in [0, 0.05) is 4.90 Å². The van der Waals surface area contributed by atoms with E-state index in [1.807, 2.05) is 0 Å². The molecule has 0 heterocycles. The summed E-state index contributed by atoms with van der Waals surface area (Å²) in [6, 6.07) is 5.68. The Morgan fingerprint density at radius 1 is 1.28 bits per heavy atom. The Balaban J connectivity index is 2.60. The third kappa shape index (κ3) is 5.43. The van der Waals surface area contributed by atoms with Crippen LogP contribution in [0.4, 0.5) is 13.2 Å². The van der Waals surface area contributed by atoms with E-state index in [0.29, 0.717) is 5.56 Å². The van der Waals surface area contributed by atoms with Crippen LogP contribution < -0.4 is 17.0 Å². The van der Waals surface area contributed by atoms with Gasteiger partial charge in [0.15, 0.2) is 0 Å². The van der Waals surface area contributed by atoms with Gasteiger partial charge in [-0.3, -0.25) is 0 Å². The maximum atomic E-state index is 12.1. The van der Waals surface area contributed by atoms with Crippen molar-refractivity contribution in [2.24, 2.45) is 21.8 Å². The van der Waals surface area contributed by atoms with Crippen molar-refractivity contribution in [1.29, 1.82) is 0 Å². The number of nitrogens with zero attached hydrogens (tertiary/aromatic N) is 2. The van der Waals surface area contributed by atoms with Crippen LogP contribution in [0, 0.1) is 0 Å². The fourth-order valence-electron chi connectivity index (χ4n) is 0.957. The van der Waals surface area contributed by atoms with Crippen LogP contribution in [0.25, 0.3) is 0 Å². The zero-order valence-electron chi connectivity index (χ0n) is 8.98. The molecule has 0 spiro atoms. The minimum atomic E-state index is -4.29. The zero-order valence-corrected chi connectivity index (χ0v) is 9.79. The van der Waals surface area contributed by atoms with Crippen LogP contribution >= 0.6 is 11.8 Å². The van der Waals surface area contributed by atoms with Crippen LogP contribution in [0.15, 0.2) is 39.4 Å². The number of hydrogen-bond donors (Lipinski definition) is 3. The highest BCUT2D eigenvalue weighted by atomic mass is 32.2. The van der Waals surface area contributed by atoms with Crippen molar-refractivity contribution < 1.29 is 13.2 Å². The molecule has 0 saturated carbocycles. The Bertz CT molecular complexity index is 441. The lowest BCUT2D eigenvalue weighted by molar-refractivity contribution is -0.0328. The number of hydrogen-bond acceptors (Lipinski definition) is 4. The van der Waals surface area contributed by atoms with E-state index < -0.39 is 5.51 Å². The molecule has 0 unspecified atom stereocenters. The van der Waals surface area contributed by atoms with Gasteiger partial charge in [-0.1, -0.05) is 12.1 Å². The Morgan fingerprint density at radius 3 is 2.39 bits per heavy atom. The minimum absolute atomic E-state index is 0.0736. The van der Waals surface area contributed by atoms with Gasteiger partial charge in [-0.25, -0.2) is 5.43 Å². The SMILES string of the molecule is NN=C(N)N/N=C\c1ccc(SC(F)(F)F)cc1. The molecule has 0 aliphatic heterocycles. The minimum Gasteiger partial charge on any atom is -0.367 e. The van der Waals surface area contributed by atoms with E-state index in [1.54, 1.807) is 0 Å². The topological polar surface area (TPSA) is 88.8 Å². The number of halogens is 3. The molecule has 18 heavy (non-hydrogen) atoms. The second-order valence-corrected chi connectivity index (χ2v) is 4.14. The standard InChI is InChI=1S/C9H10F3N5S/c10-9(11,12)18-7-3-1-6(2-4-7)5-15-17-8(13)16-14/h1-5H,14H2,(H3,13,16,17)/b15-5-. The average Bonchev–Trinajstić information content (AvgIpc) is 2.29. The smallest absolute Gasteiger partial charge is 0.367 e. The van der Waals surface area contributed by atoms with Gasteiger partial charge in [0.05, 0.1) is 6.21 Å². The number of alkyl halides is 3. The van der Waals surface area contributed by atoms with Crippen molar-refractivity contribution in [3.8, 4) is 0 Å². The van der Waals surface area contributed by atoms with Crippen LogP contribution in [0.1, 0.15) is 5.56 Å².